The van der Waals surface area contributed by atoms with Crippen molar-refractivity contribution in [1.82, 2.24) is 9.80 Å². The Morgan fingerprint density at radius 3 is 2.14 bits per heavy atom. The second-order valence-corrected chi connectivity index (χ2v) is 9.80. The van der Waals surface area contributed by atoms with E-state index in [2.05, 4.69) is 35.2 Å². The van der Waals surface area contributed by atoms with Crippen LogP contribution in [0.4, 0.5) is 0 Å². The molecule has 3 saturated heterocycles. The molecule has 3 heterocycles. The summed E-state index contributed by atoms with van der Waals surface area (Å²) in [5.74, 6) is 0.157. The molecule has 156 valence electrons. The molecule has 4 nitrogen and oxygen atoms in total. The van der Waals surface area contributed by atoms with Gasteiger partial charge in [0.2, 0.25) is 5.91 Å². The molecular formula is C25H34N2O2. The van der Waals surface area contributed by atoms with Crippen LogP contribution in [0.5, 0.6) is 0 Å². The van der Waals surface area contributed by atoms with E-state index >= 15 is 0 Å². The number of likely N-dealkylation sites (tertiary alicyclic amines) is 1. The van der Waals surface area contributed by atoms with Crippen LogP contribution in [0.25, 0.3) is 6.08 Å². The molecule has 4 fully saturated rings. The molecule has 2 atom stereocenters. The number of amides is 1. The summed E-state index contributed by atoms with van der Waals surface area (Å²) in [6.07, 6.45) is 12.3. The predicted octanol–water partition coefficient (Wildman–Crippen LogP) is 4.08. The van der Waals surface area contributed by atoms with Crippen LogP contribution in [0.15, 0.2) is 29.8 Å². The summed E-state index contributed by atoms with van der Waals surface area (Å²) in [5, 5.41) is 11.4. The van der Waals surface area contributed by atoms with Crippen molar-refractivity contribution in [3.8, 4) is 0 Å². The molecule has 4 heteroatoms. The number of hydrogen-bond acceptors (Lipinski definition) is 3. The second kappa shape index (κ2) is 7.55. The minimum atomic E-state index is -0.794. The average Bonchev–Trinajstić information content (AvgIpc) is 2.95. The van der Waals surface area contributed by atoms with Gasteiger partial charge in [0, 0.05) is 51.0 Å². The Balaban J connectivity index is 1.24. The number of fused-ring (bicyclic) bond motifs is 2. The molecule has 1 amide bonds. The van der Waals surface area contributed by atoms with Crippen molar-refractivity contribution in [2.75, 3.05) is 13.1 Å². The highest BCUT2D eigenvalue weighted by Crippen LogP contribution is 2.45. The SMILES string of the molecule is CC(=O)N1C2CCC1CC(O)(c1ccc(C=C3CCN(C4CCC4)CC3)cc1)C2. The standard InChI is InChI=1S/C25H34N2O2/c1-18(28)27-23-9-10-24(27)17-25(29,16-23)21-7-5-19(6-8-21)15-20-11-13-26(14-12-20)22-3-2-4-22/h5-8,15,22-24,29H,2-4,9-14,16-17H2,1H3. The van der Waals surface area contributed by atoms with Gasteiger partial charge in [0.1, 0.15) is 0 Å². The topological polar surface area (TPSA) is 43.8 Å². The van der Waals surface area contributed by atoms with E-state index in [-0.39, 0.29) is 18.0 Å². The van der Waals surface area contributed by atoms with Crippen molar-refractivity contribution in [3.05, 3.63) is 41.0 Å². The third-order valence-corrected chi connectivity index (χ3v) is 7.98. The van der Waals surface area contributed by atoms with Gasteiger partial charge in [-0.15, -0.1) is 0 Å². The number of piperidine rings is 2. The molecule has 0 spiro atoms. The van der Waals surface area contributed by atoms with Crippen LogP contribution >= 0.6 is 0 Å². The third-order valence-electron chi connectivity index (χ3n) is 7.98. The zero-order valence-electron chi connectivity index (χ0n) is 17.6. The van der Waals surface area contributed by atoms with E-state index in [1.165, 1.54) is 50.8 Å². The predicted molar refractivity (Wildman–Crippen MR) is 115 cm³/mol. The Labute approximate surface area is 174 Å². The summed E-state index contributed by atoms with van der Waals surface area (Å²) >= 11 is 0. The molecule has 1 N–H and O–H groups in total. The summed E-state index contributed by atoms with van der Waals surface area (Å²) in [7, 11) is 0. The van der Waals surface area contributed by atoms with E-state index in [1.54, 1.807) is 12.5 Å². The number of aliphatic hydroxyl groups is 1. The number of rotatable bonds is 3. The molecule has 5 rings (SSSR count). The van der Waals surface area contributed by atoms with Crippen LogP contribution < -0.4 is 0 Å². The minimum absolute atomic E-state index is 0.157. The molecule has 29 heavy (non-hydrogen) atoms. The summed E-state index contributed by atoms with van der Waals surface area (Å²) < 4.78 is 0. The van der Waals surface area contributed by atoms with Crippen molar-refractivity contribution in [1.29, 1.82) is 0 Å². The molecule has 1 aromatic rings. The maximum atomic E-state index is 12.0. The van der Waals surface area contributed by atoms with Gasteiger partial charge in [-0.25, -0.2) is 0 Å². The first-order valence-corrected chi connectivity index (χ1v) is 11.6. The van der Waals surface area contributed by atoms with Crippen LogP contribution in [0.1, 0.15) is 75.8 Å². The van der Waals surface area contributed by atoms with Crippen molar-refractivity contribution < 1.29 is 9.90 Å². The fourth-order valence-corrected chi connectivity index (χ4v) is 6.17. The van der Waals surface area contributed by atoms with E-state index in [4.69, 9.17) is 0 Å². The molecule has 1 aromatic carbocycles. The van der Waals surface area contributed by atoms with Gasteiger partial charge in [0.25, 0.3) is 0 Å². The Hall–Kier alpha value is -1.65. The van der Waals surface area contributed by atoms with Crippen molar-refractivity contribution >= 4 is 12.0 Å². The summed E-state index contributed by atoms with van der Waals surface area (Å²) in [4.78, 5) is 16.7. The first-order valence-electron chi connectivity index (χ1n) is 11.6. The Morgan fingerprint density at radius 2 is 1.62 bits per heavy atom. The van der Waals surface area contributed by atoms with Gasteiger partial charge in [0.05, 0.1) is 5.60 Å². The monoisotopic (exact) mass is 394 g/mol. The normalized spacial score (nSPS) is 32.9. The van der Waals surface area contributed by atoms with Gasteiger partial charge in [-0.05, 0) is 49.7 Å². The molecule has 3 aliphatic heterocycles. The molecule has 1 saturated carbocycles. The van der Waals surface area contributed by atoms with Crippen molar-refractivity contribution in [2.24, 2.45) is 0 Å². The highest BCUT2D eigenvalue weighted by atomic mass is 16.3. The van der Waals surface area contributed by atoms with Gasteiger partial charge in [-0.1, -0.05) is 42.3 Å². The molecule has 2 bridgehead atoms. The zero-order chi connectivity index (χ0) is 20.0. The Morgan fingerprint density at radius 1 is 1.00 bits per heavy atom. The Kier molecular flexibility index (Phi) is 5.03. The number of benzene rings is 1. The smallest absolute Gasteiger partial charge is 0.219 e. The molecule has 0 radical (unpaired) electrons. The van der Waals surface area contributed by atoms with Crippen LogP contribution in [0, 0.1) is 0 Å². The summed E-state index contributed by atoms with van der Waals surface area (Å²) in [6.45, 7) is 4.09. The van der Waals surface area contributed by atoms with Crippen LogP contribution in [0.2, 0.25) is 0 Å². The van der Waals surface area contributed by atoms with E-state index < -0.39 is 5.60 Å². The highest BCUT2D eigenvalue weighted by molar-refractivity contribution is 5.74. The fourth-order valence-electron chi connectivity index (χ4n) is 6.17. The maximum absolute atomic E-state index is 12.0. The van der Waals surface area contributed by atoms with E-state index in [0.717, 1.165) is 24.4 Å². The van der Waals surface area contributed by atoms with Crippen LogP contribution in [-0.4, -0.2) is 52.0 Å². The molecular weight excluding hydrogens is 360 g/mol. The van der Waals surface area contributed by atoms with E-state index in [9.17, 15) is 9.90 Å². The van der Waals surface area contributed by atoms with Gasteiger partial charge >= 0.3 is 0 Å². The number of nitrogens with zero attached hydrogens (tertiary/aromatic N) is 2. The summed E-state index contributed by atoms with van der Waals surface area (Å²) in [6, 6.07) is 9.80. The zero-order valence-corrected chi connectivity index (χ0v) is 17.6. The van der Waals surface area contributed by atoms with Gasteiger partial charge in [-0.2, -0.15) is 0 Å². The lowest BCUT2D eigenvalue weighted by Crippen LogP contribution is -2.51. The fraction of sp³-hybridized carbons (Fsp3) is 0.640. The van der Waals surface area contributed by atoms with Crippen molar-refractivity contribution in [2.45, 2.75) is 88.4 Å². The first kappa shape index (κ1) is 19.3. The molecule has 2 unspecified atom stereocenters. The molecule has 1 aliphatic carbocycles. The summed E-state index contributed by atoms with van der Waals surface area (Å²) in [5.41, 5.74) is 3.02. The average molecular weight is 395 g/mol. The number of hydrogen-bond donors (Lipinski definition) is 1. The van der Waals surface area contributed by atoms with Crippen LogP contribution in [-0.2, 0) is 10.4 Å². The Bertz CT molecular complexity index is 772. The molecule has 4 aliphatic rings. The van der Waals surface area contributed by atoms with Gasteiger partial charge in [-0.3, -0.25) is 9.69 Å². The van der Waals surface area contributed by atoms with E-state index in [1.807, 2.05) is 4.90 Å². The molecule has 0 aromatic heterocycles. The largest absolute Gasteiger partial charge is 0.385 e. The first-order chi connectivity index (χ1) is 14.0. The quantitative estimate of drug-likeness (QED) is 0.840. The van der Waals surface area contributed by atoms with Gasteiger partial charge < -0.3 is 10.0 Å². The third kappa shape index (κ3) is 3.66. The lowest BCUT2D eigenvalue weighted by atomic mass is 9.80. The second-order valence-electron chi connectivity index (χ2n) is 9.80. The van der Waals surface area contributed by atoms with Gasteiger partial charge in [0.15, 0.2) is 0 Å². The van der Waals surface area contributed by atoms with Crippen LogP contribution in [0.3, 0.4) is 0 Å². The number of carbonyl (C=O) groups is 1. The van der Waals surface area contributed by atoms with E-state index in [0.29, 0.717) is 12.8 Å². The lowest BCUT2D eigenvalue weighted by Gasteiger charge is -2.43. The highest BCUT2D eigenvalue weighted by Gasteiger charge is 2.49. The van der Waals surface area contributed by atoms with Crippen molar-refractivity contribution in [3.63, 3.8) is 0 Å². The number of carbonyl (C=O) groups excluding carboxylic acids is 1. The minimum Gasteiger partial charge on any atom is -0.385 e. The maximum Gasteiger partial charge on any atom is 0.219 e. The lowest BCUT2D eigenvalue weighted by molar-refractivity contribution is -0.139.